The highest BCUT2D eigenvalue weighted by atomic mass is 32.2. The molecule has 18 heavy (non-hydrogen) atoms. The summed E-state index contributed by atoms with van der Waals surface area (Å²) in [6.45, 7) is 3.31. The largest absolute Gasteiger partial charge is 0.351 e. The monoisotopic (exact) mass is 276 g/mol. The first-order chi connectivity index (χ1) is 8.29. The average Bonchev–Trinajstić information content (AvgIpc) is 2.29. The summed E-state index contributed by atoms with van der Waals surface area (Å²) in [5.41, 5.74) is 5.28. The fraction of sp³-hybridized carbons (Fsp3) is 0.917. The van der Waals surface area contributed by atoms with Gasteiger partial charge in [0.15, 0.2) is 9.84 Å². The summed E-state index contributed by atoms with van der Waals surface area (Å²) >= 11 is 0. The van der Waals surface area contributed by atoms with Crippen molar-refractivity contribution in [3.63, 3.8) is 0 Å². The Hall–Kier alpha value is -0.620. The maximum Gasteiger partial charge on any atom is 0.240 e. The molecule has 0 radical (unpaired) electrons. The predicted octanol–water partition coefficient (Wildman–Crippen LogP) is 0.587. The minimum absolute atomic E-state index is 0.0225. The molecule has 0 heterocycles. The Labute approximate surface area is 109 Å². The zero-order chi connectivity index (χ0) is 13.8. The van der Waals surface area contributed by atoms with E-state index in [9.17, 15) is 13.2 Å². The van der Waals surface area contributed by atoms with Gasteiger partial charge in [-0.2, -0.15) is 0 Å². The highest BCUT2D eigenvalue weighted by Crippen LogP contribution is 2.26. The summed E-state index contributed by atoms with van der Waals surface area (Å²) in [5.74, 6) is -0.132. The van der Waals surface area contributed by atoms with Gasteiger partial charge in [0.05, 0.1) is 11.3 Å². The van der Waals surface area contributed by atoms with Crippen molar-refractivity contribution in [2.45, 2.75) is 57.5 Å². The number of rotatable bonds is 5. The van der Waals surface area contributed by atoms with Crippen molar-refractivity contribution >= 4 is 15.7 Å². The predicted molar refractivity (Wildman–Crippen MR) is 71.9 cm³/mol. The number of nitrogens with one attached hydrogen (secondary N) is 1. The van der Waals surface area contributed by atoms with Crippen LogP contribution < -0.4 is 11.1 Å². The van der Waals surface area contributed by atoms with Crippen molar-refractivity contribution in [3.8, 4) is 0 Å². The average molecular weight is 276 g/mol. The van der Waals surface area contributed by atoms with E-state index in [0.29, 0.717) is 12.8 Å². The zero-order valence-corrected chi connectivity index (χ0v) is 12.1. The van der Waals surface area contributed by atoms with Crippen LogP contribution in [0.15, 0.2) is 0 Å². The maximum absolute atomic E-state index is 12.1. The first-order valence-electron chi connectivity index (χ1n) is 6.59. The molecule has 1 rings (SSSR count). The maximum atomic E-state index is 12.1. The van der Waals surface area contributed by atoms with Crippen molar-refractivity contribution in [2.75, 3.05) is 11.5 Å². The minimum Gasteiger partial charge on any atom is -0.351 e. The van der Waals surface area contributed by atoms with Crippen molar-refractivity contribution in [1.82, 2.24) is 5.32 Å². The highest BCUT2D eigenvalue weighted by Gasteiger charge is 2.36. The molecule has 0 aliphatic heterocycles. The van der Waals surface area contributed by atoms with Crippen LogP contribution in [-0.2, 0) is 14.6 Å². The van der Waals surface area contributed by atoms with Crippen LogP contribution in [0.2, 0.25) is 0 Å². The Balaban J connectivity index is 2.53. The minimum atomic E-state index is -3.07. The van der Waals surface area contributed by atoms with Gasteiger partial charge in [-0.3, -0.25) is 4.79 Å². The van der Waals surface area contributed by atoms with Crippen LogP contribution in [0.4, 0.5) is 0 Å². The molecule has 0 aromatic carbocycles. The normalized spacial score (nSPS) is 21.3. The van der Waals surface area contributed by atoms with E-state index in [4.69, 9.17) is 5.73 Å². The SMILES string of the molecule is CCS(=O)(=O)CC(C)NC(=O)C1(N)CCCCC1. The van der Waals surface area contributed by atoms with Crippen molar-refractivity contribution < 1.29 is 13.2 Å². The molecule has 6 heteroatoms. The highest BCUT2D eigenvalue weighted by molar-refractivity contribution is 7.91. The van der Waals surface area contributed by atoms with Gasteiger partial charge in [0.25, 0.3) is 0 Å². The van der Waals surface area contributed by atoms with Crippen LogP contribution in [0, 0.1) is 0 Å². The molecule has 1 fully saturated rings. The van der Waals surface area contributed by atoms with Gasteiger partial charge in [0.1, 0.15) is 0 Å². The lowest BCUT2D eigenvalue weighted by molar-refractivity contribution is -0.128. The fourth-order valence-electron chi connectivity index (χ4n) is 2.32. The lowest BCUT2D eigenvalue weighted by Gasteiger charge is -2.33. The molecular weight excluding hydrogens is 252 g/mol. The van der Waals surface area contributed by atoms with Crippen LogP contribution in [0.3, 0.4) is 0 Å². The van der Waals surface area contributed by atoms with E-state index in [2.05, 4.69) is 5.32 Å². The molecule has 1 amide bonds. The lowest BCUT2D eigenvalue weighted by Crippen LogP contribution is -2.57. The quantitative estimate of drug-likeness (QED) is 0.769. The number of hydrogen-bond donors (Lipinski definition) is 2. The van der Waals surface area contributed by atoms with Gasteiger partial charge in [0.2, 0.25) is 5.91 Å². The molecule has 0 aromatic rings. The van der Waals surface area contributed by atoms with E-state index in [1.807, 2.05) is 0 Å². The topological polar surface area (TPSA) is 89.3 Å². The van der Waals surface area contributed by atoms with Gasteiger partial charge in [-0.05, 0) is 19.8 Å². The molecule has 1 saturated carbocycles. The van der Waals surface area contributed by atoms with Gasteiger partial charge in [-0.15, -0.1) is 0 Å². The van der Waals surface area contributed by atoms with Crippen LogP contribution >= 0.6 is 0 Å². The molecule has 0 bridgehead atoms. The molecule has 3 N–H and O–H groups in total. The van der Waals surface area contributed by atoms with Gasteiger partial charge in [-0.25, -0.2) is 8.42 Å². The van der Waals surface area contributed by atoms with Gasteiger partial charge in [0, 0.05) is 11.8 Å². The number of nitrogens with two attached hydrogens (primary N) is 1. The molecule has 5 nitrogen and oxygen atoms in total. The van der Waals surface area contributed by atoms with E-state index >= 15 is 0 Å². The Morgan fingerprint density at radius 1 is 1.33 bits per heavy atom. The van der Waals surface area contributed by atoms with Crippen molar-refractivity contribution in [2.24, 2.45) is 5.73 Å². The molecule has 0 saturated heterocycles. The lowest BCUT2D eigenvalue weighted by atomic mass is 9.82. The first-order valence-corrected chi connectivity index (χ1v) is 8.41. The third-order valence-electron chi connectivity index (χ3n) is 3.52. The Kier molecular flexibility index (Phi) is 5.16. The van der Waals surface area contributed by atoms with E-state index in [0.717, 1.165) is 19.3 Å². The second-order valence-corrected chi connectivity index (χ2v) is 7.69. The summed E-state index contributed by atoms with van der Waals surface area (Å²) in [5, 5.41) is 2.74. The smallest absolute Gasteiger partial charge is 0.240 e. The van der Waals surface area contributed by atoms with E-state index in [-0.39, 0.29) is 23.5 Å². The third kappa shape index (κ3) is 4.24. The van der Waals surface area contributed by atoms with Crippen LogP contribution in [0.25, 0.3) is 0 Å². The zero-order valence-electron chi connectivity index (χ0n) is 11.2. The number of carbonyl (C=O) groups is 1. The summed E-state index contributed by atoms with van der Waals surface area (Å²) in [6.07, 6.45) is 4.42. The number of sulfone groups is 1. The fourth-order valence-corrected chi connectivity index (χ4v) is 3.40. The van der Waals surface area contributed by atoms with E-state index in [1.54, 1.807) is 13.8 Å². The molecule has 106 valence electrons. The molecule has 1 aliphatic rings. The summed E-state index contributed by atoms with van der Waals surface area (Å²) in [4.78, 5) is 12.1. The second kappa shape index (κ2) is 6.02. The van der Waals surface area contributed by atoms with Crippen molar-refractivity contribution in [3.05, 3.63) is 0 Å². The Morgan fingerprint density at radius 3 is 2.39 bits per heavy atom. The first kappa shape index (κ1) is 15.4. The van der Waals surface area contributed by atoms with Gasteiger partial charge < -0.3 is 11.1 Å². The molecular formula is C12H24N2O3S. The standard InChI is InChI=1S/C12H24N2O3S/c1-3-18(16,17)9-10(2)14-11(15)12(13)7-5-4-6-8-12/h10H,3-9,13H2,1-2H3,(H,14,15). The molecule has 1 unspecified atom stereocenters. The molecule has 1 aliphatic carbocycles. The number of amides is 1. The Morgan fingerprint density at radius 2 is 1.89 bits per heavy atom. The number of hydrogen-bond acceptors (Lipinski definition) is 4. The van der Waals surface area contributed by atoms with E-state index < -0.39 is 15.4 Å². The van der Waals surface area contributed by atoms with Crippen LogP contribution in [-0.4, -0.2) is 37.4 Å². The van der Waals surface area contributed by atoms with Crippen LogP contribution in [0.5, 0.6) is 0 Å². The van der Waals surface area contributed by atoms with Crippen LogP contribution in [0.1, 0.15) is 46.0 Å². The Bertz CT molecular complexity index is 386. The summed E-state index contributed by atoms with van der Waals surface area (Å²) < 4.78 is 22.9. The van der Waals surface area contributed by atoms with E-state index in [1.165, 1.54) is 0 Å². The summed E-state index contributed by atoms with van der Waals surface area (Å²) in [7, 11) is -3.07. The second-order valence-electron chi connectivity index (χ2n) is 5.29. The van der Waals surface area contributed by atoms with Gasteiger partial charge >= 0.3 is 0 Å². The third-order valence-corrected chi connectivity index (χ3v) is 5.41. The number of carbonyl (C=O) groups excluding carboxylic acids is 1. The summed E-state index contributed by atoms with van der Waals surface area (Å²) in [6, 6.07) is -0.384. The van der Waals surface area contributed by atoms with Crippen molar-refractivity contribution in [1.29, 1.82) is 0 Å². The molecule has 0 spiro atoms. The molecule has 1 atom stereocenters. The van der Waals surface area contributed by atoms with Gasteiger partial charge in [-0.1, -0.05) is 26.2 Å². The molecule has 0 aromatic heterocycles.